The van der Waals surface area contributed by atoms with Crippen molar-refractivity contribution < 1.29 is 9.72 Å². The molecule has 1 rings (SSSR count). The van der Waals surface area contributed by atoms with Gasteiger partial charge in [-0.15, -0.1) is 0 Å². The maximum Gasteiger partial charge on any atom is 0.317 e. The van der Waals surface area contributed by atoms with E-state index in [2.05, 4.69) is 5.32 Å². The van der Waals surface area contributed by atoms with Gasteiger partial charge in [0, 0.05) is 32.3 Å². The minimum atomic E-state index is -0.426. The van der Waals surface area contributed by atoms with Gasteiger partial charge in [0.25, 0.3) is 5.69 Å². The fourth-order valence-electron chi connectivity index (χ4n) is 1.47. The lowest BCUT2D eigenvalue weighted by molar-refractivity contribution is -0.384. The second kappa shape index (κ2) is 6.58. The van der Waals surface area contributed by atoms with E-state index in [4.69, 9.17) is 0 Å². The van der Waals surface area contributed by atoms with E-state index in [0.29, 0.717) is 19.5 Å². The van der Waals surface area contributed by atoms with Crippen LogP contribution in [0.2, 0.25) is 0 Å². The van der Waals surface area contributed by atoms with Crippen LogP contribution >= 0.6 is 0 Å². The van der Waals surface area contributed by atoms with Crippen LogP contribution in [0, 0.1) is 10.1 Å². The molecule has 0 heterocycles. The molecule has 0 atom stereocenters. The quantitative estimate of drug-likeness (QED) is 0.640. The lowest BCUT2D eigenvalue weighted by atomic mass is 10.1. The van der Waals surface area contributed by atoms with Crippen molar-refractivity contribution in [2.45, 2.75) is 13.3 Å². The van der Waals surface area contributed by atoms with Crippen molar-refractivity contribution >= 4 is 11.7 Å². The first-order valence-electron chi connectivity index (χ1n) is 5.77. The number of amides is 2. The lowest BCUT2D eigenvalue weighted by Gasteiger charge is -2.17. The summed E-state index contributed by atoms with van der Waals surface area (Å²) in [6, 6.07) is 6.26. The van der Waals surface area contributed by atoms with E-state index in [1.54, 1.807) is 24.1 Å². The van der Waals surface area contributed by atoms with Gasteiger partial charge in [-0.05, 0) is 18.9 Å². The zero-order chi connectivity index (χ0) is 13.5. The number of nitro groups is 1. The van der Waals surface area contributed by atoms with E-state index in [1.165, 1.54) is 12.1 Å². The SMILES string of the molecule is CCNC(=O)N(C)CCc1ccc([N+](=O)[O-])cc1. The van der Waals surface area contributed by atoms with Gasteiger partial charge in [-0.2, -0.15) is 0 Å². The average Bonchev–Trinajstić information content (AvgIpc) is 2.36. The number of non-ortho nitro benzene ring substituents is 1. The number of urea groups is 1. The third kappa shape index (κ3) is 4.04. The third-order valence-corrected chi connectivity index (χ3v) is 2.56. The number of carbonyl (C=O) groups is 1. The lowest BCUT2D eigenvalue weighted by Crippen LogP contribution is -2.38. The number of rotatable bonds is 5. The Morgan fingerprint density at radius 1 is 1.39 bits per heavy atom. The number of likely N-dealkylation sites (N-methyl/N-ethyl adjacent to an activating group) is 1. The van der Waals surface area contributed by atoms with Crippen LogP contribution < -0.4 is 5.32 Å². The zero-order valence-corrected chi connectivity index (χ0v) is 10.5. The molecule has 1 aromatic rings. The highest BCUT2D eigenvalue weighted by Gasteiger charge is 2.08. The highest BCUT2D eigenvalue weighted by atomic mass is 16.6. The van der Waals surface area contributed by atoms with Crippen molar-refractivity contribution in [2.24, 2.45) is 0 Å². The summed E-state index contributed by atoms with van der Waals surface area (Å²) in [5.74, 6) is 0. The van der Waals surface area contributed by atoms with Crippen molar-refractivity contribution in [3.63, 3.8) is 0 Å². The average molecular weight is 251 g/mol. The minimum absolute atomic E-state index is 0.0795. The van der Waals surface area contributed by atoms with Gasteiger partial charge in [0.05, 0.1) is 4.92 Å². The molecule has 2 amide bonds. The standard InChI is InChI=1S/C12H17N3O3/c1-3-13-12(16)14(2)9-8-10-4-6-11(7-5-10)15(17)18/h4-7H,3,8-9H2,1-2H3,(H,13,16). The molecule has 1 aromatic carbocycles. The van der Waals surface area contributed by atoms with Gasteiger partial charge in [-0.1, -0.05) is 12.1 Å². The largest absolute Gasteiger partial charge is 0.338 e. The molecular formula is C12H17N3O3. The molecule has 6 nitrogen and oxygen atoms in total. The summed E-state index contributed by atoms with van der Waals surface area (Å²) >= 11 is 0. The highest BCUT2D eigenvalue weighted by molar-refractivity contribution is 5.73. The first kappa shape index (κ1) is 14.0. The molecule has 0 fully saturated rings. The Labute approximate surface area is 106 Å². The van der Waals surface area contributed by atoms with Crippen molar-refractivity contribution in [1.29, 1.82) is 0 Å². The van der Waals surface area contributed by atoms with Gasteiger partial charge in [-0.3, -0.25) is 10.1 Å². The highest BCUT2D eigenvalue weighted by Crippen LogP contribution is 2.12. The summed E-state index contributed by atoms with van der Waals surface area (Å²) in [5, 5.41) is 13.2. The smallest absolute Gasteiger partial charge is 0.317 e. The molecule has 98 valence electrons. The fourth-order valence-corrected chi connectivity index (χ4v) is 1.47. The summed E-state index contributed by atoms with van der Waals surface area (Å²) in [4.78, 5) is 23.1. The molecule has 6 heteroatoms. The number of nitro benzene ring substituents is 1. The van der Waals surface area contributed by atoms with Crippen molar-refractivity contribution in [2.75, 3.05) is 20.1 Å². The molecular weight excluding hydrogens is 234 g/mol. The molecule has 18 heavy (non-hydrogen) atoms. The van der Waals surface area contributed by atoms with Crippen LogP contribution in [0.4, 0.5) is 10.5 Å². The molecule has 0 saturated carbocycles. The normalized spacial score (nSPS) is 9.89. The first-order chi connectivity index (χ1) is 8.54. The molecule has 0 radical (unpaired) electrons. The molecule has 0 unspecified atom stereocenters. The van der Waals surface area contributed by atoms with Gasteiger partial charge >= 0.3 is 6.03 Å². The van der Waals surface area contributed by atoms with Crippen molar-refractivity contribution in [3.8, 4) is 0 Å². The number of nitrogens with zero attached hydrogens (tertiary/aromatic N) is 2. The number of benzene rings is 1. The molecule has 0 aliphatic heterocycles. The summed E-state index contributed by atoms with van der Waals surface area (Å²) < 4.78 is 0. The number of carbonyl (C=O) groups excluding carboxylic acids is 1. The minimum Gasteiger partial charge on any atom is -0.338 e. The number of hydrogen-bond acceptors (Lipinski definition) is 3. The second-order valence-corrected chi connectivity index (χ2v) is 3.93. The second-order valence-electron chi connectivity index (χ2n) is 3.93. The molecule has 1 N–H and O–H groups in total. The molecule has 0 saturated heterocycles. The van der Waals surface area contributed by atoms with Crippen molar-refractivity contribution in [3.05, 3.63) is 39.9 Å². The van der Waals surface area contributed by atoms with E-state index >= 15 is 0 Å². The maximum absolute atomic E-state index is 11.4. The monoisotopic (exact) mass is 251 g/mol. The van der Waals surface area contributed by atoms with Crippen LogP contribution in [0.15, 0.2) is 24.3 Å². The topological polar surface area (TPSA) is 75.5 Å². The van der Waals surface area contributed by atoms with Gasteiger partial charge in [0.15, 0.2) is 0 Å². The van der Waals surface area contributed by atoms with Crippen molar-refractivity contribution in [1.82, 2.24) is 10.2 Å². The maximum atomic E-state index is 11.4. The van der Waals surface area contributed by atoms with Crippen LogP contribution in [0.25, 0.3) is 0 Å². The first-order valence-corrected chi connectivity index (χ1v) is 5.77. The Kier molecular flexibility index (Phi) is 5.10. The van der Waals surface area contributed by atoms with Crippen LogP contribution in [0.1, 0.15) is 12.5 Å². The van der Waals surface area contributed by atoms with E-state index < -0.39 is 4.92 Å². The molecule has 0 aliphatic carbocycles. The Morgan fingerprint density at radius 2 is 2.00 bits per heavy atom. The van der Waals surface area contributed by atoms with E-state index in [1.807, 2.05) is 6.92 Å². The third-order valence-electron chi connectivity index (χ3n) is 2.56. The van der Waals surface area contributed by atoms with Gasteiger partial charge < -0.3 is 10.2 Å². The molecule has 0 aromatic heterocycles. The number of nitrogens with one attached hydrogen (secondary N) is 1. The Bertz CT molecular complexity index is 417. The summed E-state index contributed by atoms with van der Waals surface area (Å²) in [7, 11) is 1.72. The van der Waals surface area contributed by atoms with Gasteiger partial charge in [-0.25, -0.2) is 4.79 Å². The van der Waals surface area contributed by atoms with E-state index in [0.717, 1.165) is 5.56 Å². The van der Waals surface area contributed by atoms with E-state index in [9.17, 15) is 14.9 Å². The van der Waals surface area contributed by atoms with Crippen LogP contribution in [-0.2, 0) is 6.42 Å². The van der Waals surface area contributed by atoms with Crippen LogP contribution in [0.3, 0.4) is 0 Å². The number of hydrogen-bond donors (Lipinski definition) is 1. The Balaban J connectivity index is 2.48. The van der Waals surface area contributed by atoms with Gasteiger partial charge in [0.2, 0.25) is 0 Å². The Hall–Kier alpha value is -2.11. The zero-order valence-electron chi connectivity index (χ0n) is 10.5. The fraction of sp³-hybridized carbons (Fsp3) is 0.417. The van der Waals surface area contributed by atoms with Crippen LogP contribution in [-0.4, -0.2) is 36.0 Å². The predicted molar refractivity (Wildman–Crippen MR) is 68.5 cm³/mol. The van der Waals surface area contributed by atoms with E-state index in [-0.39, 0.29) is 11.7 Å². The molecule has 0 spiro atoms. The summed E-state index contributed by atoms with van der Waals surface area (Å²) in [5.41, 5.74) is 1.05. The van der Waals surface area contributed by atoms with Gasteiger partial charge in [0.1, 0.15) is 0 Å². The molecule has 0 aliphatic rings. The Morgan fingerprint density at radius 3 is 2.50 bits per heavy atom. The summed E-state index contributed by atoms with van der Waals surface area (Å²) in [6.07, 6.45) is 0.672. The predicted octanol–water partition coefficient (Wildman–Crippen LogP) is 1.80. The molecule has 0 bridgehead atoms. The van der Waals surface area contributed by atoms with Crippen LogP contribution in [0.5, 0.6) is 0 Å². The summed E-state index contributed by atoms with van der Waals surface area (Å²) in [6.45, 7) is 3.03.